The van der Waals surface area contributed by atoms with Crippen molar-refractivity contribution >= 4 is 0 Å². The molecule has 0 amide bonds. The molecule has 2 atom stereocenters. The Kier molecular flexibility index (Phi) is 4.01. The van der Waals surface area contributed by atoms with Gasteiger partial charge in [-0.1, -0.05) is 0 Å². The molecule has 5 fully saturated rings. The second kappa shape index (κ2) is 5.82. The van der Waals surface area contributed by atoms with Crippen LogP contribution in [-0.2, 0) is 9.47 Å². The molecule has 3 nitrogen and oxygen atoms in total. The molecule has 1 N–H and O–H groups in total. The Labute approximate surface area is 129 Å². The zero-order valence-corrected chi connectivity index (χ0v) is 13.5. The summed E-state index contributed by atoms with van der Waals surface area (Å²) in [6.07, 6.45) is 11.7. The fourth-order valence-corrected chi connectivity index (χ4v) is 6.26. The number of ether oxygens (including phenoxy) is 2. The van der Waals surface area contributed by atoms with Gasteiger partial charge in [-0.2, -0.15) is 0 Å². The van der Waals surface area contributed by atoms with E-state index < -0.39 is 0 Å². The van der Waals surface area contributed by atoms with E-state index in [1.807, 2.05) is 0 Å². The van der Waals surface area contributed by atoms with Crippen LogP contribution in [0.4, 0.5) is 0 Å². The topological polar surface area (TPSA) is 30.5 Å². The van der Waals surface area contributed by atoms with Gasteiger partial charge < -0.3 is 14.8 Å². The molecular formula is C18H31NO2. The highest BCUT2D eigenvalue weighted by atomic mass is 16.5. The molecule has 0 aromatic heterocycles. The van der Waals surface area contributed by atoms with Crippen molar-refractivity contribution in [1.29, 1.82) is 0 Å². The molecule has 0 aromatic rings. The number of nitrogens with one attached hydrogen (secondary N) is 1. The van der Waals surface area contributed by atoms with Crippen molar-refractivity contribution in [3.8, 4) is 0 Å². The van der Waals surface area contributed by atoms with Crippen molar-refractivity contribution in [3.63, 3.8) is 0 Å². The van der Waals surface area contributed by atoms with E-state index in [4.69, 9.17) is 9.47 Å². The maximum Gasteiger partial charge on any atom is 0.0809 e. The van der Waals surface area contributed by atoms with Crippen LogP contribution in [0.25, 0.3) is 0 Å². The van der Waals surface area contributed by atoms with Crippen LogP contribution in [0.1, 0.15) is 51.4 Å². The fraction of sp³-hybridized carbons (Fsp3) is 1.00. The van der Waals surface area contributed by atoms with Crippen LogP contribution in [0, 0.1) is 23.2 Å². The van der Waals surface area contributed by atoms with Crippen LogP contribution in [0.2, 0.25) is 0 Å². The number of likely N-dealkylation sites (N-methyl/N-ethyl adjacent to an activating group) is 1. The molecule has 0 spiro atoms. The molecule has 1 aliphatic heterocycles. The van der Waals surface area contributed by atoms with Crippen LogP contribution in [0.15, 0.2) is 0 Å². The summed E-state index contributed by atoms with van der Waals surface area (Å²) in [6, 6.07) is 0.548. The SMILES string of the molecule is CNC(COCC1CCCO1)C12CC3CC(CC(C3)C1)C2. The Balaban J connectivity index is 1.36. The standard InChI is InChI=1S/C18H31NO2/c1-19-17(12-20-11-16-3-2-4-21-16)18-8-13-5-14(9-18)7-15(6-13)10-18/h13-17,19H,2-12H2,1H3. The molecule has 3 heteroatoms. The van der Waals surface area contributed by atoms with E-state index in [0.717, 1.165) is 37.6 Å². The van der Waals surface area contributed by atoms with Gasteiger partial charge >= 0.3 is 0 Å². The van der Waals surface area contributed by atoms with E-state index in [1.54, 1.807) is 0 Å². The van der Waals surface area contributed by atoms with E-state index >= 15 is 0 Å². The molecule has 120 valence electrons. The normalized spacial score (nSPS) is 46.1. The van der Waals surface area contributed by atoms with Crippen LogP contribution < -0.4 is 5.32 Å². The summed E-state index contributed by atoms with van der Waals surface area (Å²) < 4.78 is 11.7. The molecule has 21 heavy (non-hydrogen) atoms. The number of hydrogen-bond donors (Lipinski definition) is 1. The highest BCUT2D eigenvalue weighted by Gasteiger charge is 2.53. The van der Waals surface area contributed by atoms with Gasteiger partial charge in [-0.05, 0) is 81.6 Å². The molecule has 5 rings (SSSR count). The Morgan fingerprint density at radius 2 is 1.81 bits per heavy atom. The largest absolute Gasteiger partial charge is 0.377 e. The molecule has 4 bridgehead atoms. The van der Waals surface area contributed by atoms with Gasteiger partial charge in [-0.15, -0.1) is 0 Å². The van der Waals surface area contributed by atoms with Crippen LogP contribution in [-0.4, -0.2) is 39.0 Å². The van der Waals surface area contributed by atoms with Gasteiger partial charge in [0.05, 0.1) is 19.3 Å². The summed E-state index contributed by atoms with van der Waals surface area (Å²) in [6.45, 7) is 2.60. The third-order valence-electron chi connectivity index (χ3n) is 6.79. The van der Waals surface area contributed by atoms with Gasteiger partial charge in [0.25, 0.3) is 0 Å². The molecular weight excluding hydrogens is 262 g/mol. The average molecular weight is 293 g/mol. The first-order chi connectivity index (χ1) is 10.3. The first-order valence-corrected chi connectivity index (χ1v) is 9.14. The zero-order valence-electron chi connectivity index (χ0n) is 13.5. The highest BCUT2D eigenvalue weighted by molar-refractivity contribution is 5.06. The minimum absolute atomic E-state index is 0.360. The molecule has 0 radical (unpaired) electrons. The zero-order chi connectivity index (χ0) is 14.3. The summed E-state index contributed by atoms with van der Waals surface area (Å²) in [5.74, 6) is 3.06. The van der Waals surface area contributed by atoms with Crippen molar-refractivity contribution in [2.24, 2.45) is 23.2 Å². The molecule has 4 aliphatic carbocycles. The average Bonchev–Trinajstić information content (AvgIpc) is 2.95. The van der Waals surface area contributed by atoms with Crippen LogP contribution in [0.3, 0.4) is 0 Å². The summed E-state index contributed by atoms with van der Waals surface area (Å²) >= 11 is 0. The summed E-state index contributed by atoms with van der Waals surface area (Å²) in [5, 5.41) is 3.62. The van der Waals surface area contributed by atoms with Gasteiger partial charge in [0.2, 0.25) is 0 Å². The second-order valence-corrected chi connectivity index (χ2v) is 8.29. The van der Waals surface area contributed by atoms with Crippen molar-refractivity contribution in [2.45, 2.75) is 63.5 Å². The van der Waals surface area contributed by atoms with Crippen molar-refractivity contribution < 1.29 is 9.47 Å². The summed E-state index contributed by atoms with van der Waals surface area (Å²) in [5.41, 5.74) is 0.542. The van der Waals surface area contributed by atoms with Gasteiger partial charge in [-0.25, -0.2) is 0 Å². The molecule has 0 aromatic carbocycles. The van der Waals surface area contributed by atoms with Gasteiger partial charge in [0.1, 0.15) is 0 Å². The summed E-state index contributed by atoms with van der Waals surface area (Å²) in [4.78, 5) is 0. The fourth-order valence-electron chi connectivity index (χ4n) is 6.26. The molecule has 5 aliphatic rings. The van der Waals surface area contributed by atoms with Crippen LogP contribution in [0.5, 0.6) is 0 Å². The van der Waals surface area contributed by atoms with E-state index in [2.05, 4.69) is 12.4 Å². The Morgan fingerprint density at radius 1 is 1.14 bits per heavy atom. The lowest BCUT2D eigenvalue weighted by molar-refractivity contribution is -0.0922. The summed E-state index contributed by atoms with van der Waals surface area (Å²) in [7, 11) is 2.14. The minimum atomic E-state index is 0.360. The molecule has 1 heterocycles. The third-order valence-corrected chi connectivity index (χ3v) is 6.79. The van der Waals surface area contributed by atoms with Crippen LogP contribution >= 0.6 is 0 Å². The maximum absolute atomic E-state index is 6.07. The monoisotopic (exact) mass is 293 g/mol. The highest BCUT2D eigenvalue weighted by Crippen LogP contribution is 2.61. The van der Waals surface area contributed by atoms with Crippen molar-refractivity contribution in [2.75, 3.05) is 26.9 Å². The smallest absolute Gasteiger partial charge is 0.0809 e. The number of rotatable bonds is 6. The predicted molar refractivity (Wildman–Crippen MR) is 83.2 cm³/mol. The number of hydrogen-bond acceptors (Lipinski definition) is 3. The molecule has 2 unspecified atom stereocenters. The second-order valence-electron chi connectivity index (χ2n) is 8.29. The van der Waals surface area contributed by atoms with Gasteiger partial charge in [-0.3, -0.25) is 0 Å². The lowest BCUT2D eigenvalue weighted by Gasteiger charge is -2.59. The van der Waals surface area contributed by atoms with Crippen molar-refractivity contribution in [1.82, 2.24) is 5.32 Å². The Morgan fingerprint density at radius 3 is 2.33 bits per heavy atom. The third kappa shape index (κ3) is 2.77. The van der Waals surface area contributed by atoms with E-state index in [-0.39, 0.29) is 0 Å². The lowest BCUT2D eigenvalue weighted by atomic mass is 9.48. The predicted octanol–water partition coefficient (Wildman–Crippen LogP) is 2.99. The molecule has 1 saturated heterocycles. The van der Waals surface area contributed by atoms with Gasteiger partial charge in [0, 0.05) is 12.6 Å². The quantitative estimate of drug-likeness (QED) is 0.816. The Hall–Kier alpha value is -0.120. The van der Waals surface area contributed by atoms with Crippen molar-refractivity contribution in [3.05, 3.63) is 0 Å². The first kappa shape index (κ1) is 14.5. The van der Waals surface area contributed by atoms with E-state index in [0.29, 0.717) is 17.6 Å². The Bertz CT molecular complexity index is 329. The lowest BCUT2D eigenvalue weighted by Crippen LogP contribution is -2.56. The van der Waals surface area contributed by atoms with E-state index in [9.17, 15) is 0 Å². The van der Waals surface area contributed by atoms with E-state index in [1.165, 1.54) is 51.4 Å². The van der Waals surface area contributed by atoms with Gasteiger partial charge in [0.15, 0.2) is 0 Å². The minimum Gasteiger partial charge on any atom is -0.377 e. The first-order valence-electron chi connectivity index (χ1n) is 9.14. The maximum atomic E-state index is 6.07. The molecule has 4 saturated carbocycles.